The maximum Gasteiger partial charge on any atom is 0.410 e. The molecular formula is C19H35N3O3. The number of carbonyl (C=O) groups is 2. The van der Waals surface area contributed by atoms with E-state index in [0.717, 1.165) is 38.6 Å². The fraction of sp³-hybridized carbons (Fsp3) is 0.895. The van der Waals surface area contributed by atoms with Crippen molar-refractivity contribution in [2.24, 2.45) is 11.7 Å². The summed E-state index contributed by atoms with van der Waals surface area (Å²) < 4.78 is 5.58. The van der Waals surface area contributed by atoms with Gasteiger partial charge >= 0.3 is 6.09 Å². The number of nitrogens with zero attached hydrogens (tertiary/aromatic N) is 2. The number of ether oxygens (including phenoxy) is 1. The Balaban J connectivity index is 2.07. The van der Waals surface area contributed by atoms with Crippen LogP contribution in [0.4, 0.5) is 4.79 Å². The zero-order valence-electron chi connectivity index (χ0n) is 16.5. The minimum absolute atomic E-state index is 0.0136. The summed E-state index contributed by atoms with van der Waals surface area (Å²) in [5.74, 6) is 0.125. The van der Waals surface area contributed by atoms with Crippen LogP contribution in [0.25, 0.3) is 0 Å². The molecule has 0 aromatic rings. The van der Waals surface area contributed by atoms with Crippen molar-refractivity contribution in [2.45, 2.75) is 90.4 Å². The smallest absolute Gasteiger partial charge is 0.410 e. The second-order valence-corrected chi connectivity index (χ2v) is 8.81. The lowest BCUT2D eigenvalue weighted by Gasteiger charge is -2.40. The van der Waals surface area contributed by atoms with Gasteiger partial charge in [0.1, 0.15) is 5.60 Å². The SMILES string of the molecule is CC(C)[C@H](N)C(=O)N1CCCCC1CN(C(=O)OC(C)(C)C)C1CC1. The number of amides is 2. The maximum absolute atomic E-state index is 12.8. The van der Waals surface area contributed by atoms with Gasteiger partial charge in [-0.2, -0.15) is 0 Å². The van der Waals surface area contributed by atoms with Crippen LogP contribution in [0, 0.1) is 5.92 Å². The highest BCUT2D eigenvalue weighted by Gasteiger charge is 2.39. The summed E-state index contributed by atoms with van der Waals surface area (Å²) in [5, 5.41) is 0. The van der Waals surface area contributed by atoms with Crippen LogP contribution >= 0.6 is 0 Å². The molecule has 2 N–H and O–H groups in total. The molecule has 0 bridgehead atoms. The summed E-state index contributed by atoms with van der Waals surface area (Å²) in [5.41, 5.74) is 5.59. The Morgan fingerprint density at radius 1 is 1.20 bits per heavy atom. The van der Waals surface area contributed by atoms with Crippen LogP contribution in [0.15, 0.2) is 0 Å². The first-order valence-corrected chi connectivity index (χ1v) is 9.66. The predicted octanol–water partition coefficient (Wildman–Crippen LogP) is 2.75. The molecule has 1 saturated heterocycles. The summed E-state index contributed by atoms with van der Waals surface area (Å²) in [6.07, 6.45) is 4.78. The van der Waals surface area contributed by atoms with E-state index in [1.54, 1.807) is 0 Å². The molecule has 0 spiro atoms. The number of carbonyl (C=O) groups excluding carboxylic acids is 2. The number of rotatable bonds is 5. The van der Waals surface area contributed by atoms with Gasteiger partial charge in [0.2, 0.25) is 5.91 Å². The van der Waals surface area contributed by atoms with Crippen LogP contribution in [0.3, 0.4) is 0 Å². The largest absolute Gasteiger partial charge is 0.444 e. The van der Waals surface area contributed by atoms with Gasteiger partial charge < -0.3 is 20.3 Å². The highest BCUT2D eigenvalue weighted by atomic mass is 16.6. The highest BCUT2D eigenvalue weighted by Crippen LogP contribution is 2.30. The summed E-state index contributed by atoms with van der Waals surface area (Å²) in [6.45, 7) is 10.9. The molecule has 6 heteroatoms. The molecule has 25 heavy (non-hydrogen) atoms. The second kappa shape index (κ2) is 7.94. The van der Waals surface area contributed by atoms with Crippen LogP contribution in [0.1, 0.15) is 66.7 Å². The van der Waals surface area contributed by atoms with Crippen LogP contribution in [-0.4, -0.2) is 58.6 Å². The molecule has 1 aliphatic carbocycles. The number of nitrogens with two attached hydrogens (primary N) is 1. The minimum atomic E-state index is -0.508. The fourth-order valence-electron chi connectivity index (χ4n) is 3.26. The van der Waals surface area contributed by atoms with Gasteiger partial charge in [-0.25, -0.2) is 4.79 Å². The molecule has 1 aliphatic heterocycles. The Morgan fingerprint density at radius 2 is 1.84 bits per heavy atom. The van der Waals surface area contributed by atoms with E-state index >= 15 is 0 Å². The summed E-state index contributed by atoms with van der Waals surface area (Å²) >= 11 is 0. The third kappa shape index (κ3) is 5.59. The Labute approximate surface area is 152 Å². The Hall–Kier alpha value is -1.30. The van der Waals surface area contributed by atoms with Crippen molar-refractivity contribution in [3.8, 4) is 0 Å². The van der Waals surface area contributed by atoms with Gasteiger partial charge in [0.25, 0.3) is 0 Å². The average molecular weight is 354 g/mol. The van der Waals surface area contributed by atoms with E-state index in [9.17, 15) is 9.59 Å². The van der Waals surface area contributed by atoms with Crippen LogP contribution in [-0.2, 0) is 9.53 Å². The van der Waals surface area contributed by atoms with Crippen molar-refractivity contribution in [3.05, 3.63) is 0 Å². The van der Waals surface area contributed by atoms with Gasteiger partial charge in [-0.05, 0) is 58.8 Å². The lowest BCUT2D eigenvalue weighted by molar-refractivity contribution is -0.137. The Kier molecular flexibility index (Phi) is 6.35. The first-order chi connectivity index (χ1) is 11.6. The molecule has 2 fully saturated rings. The third-order valence-corrected chi connectivity index (χ3v) is 4.94. The van der Waals surface area contributed by atoms with E-state index in [0.29, 0.717) is 6.54 Å². The molecular weight excluding hydrogens is 318 g/mol. The second-order valence-electron chi connectivity index (χ2n) is 8.81. The highest BCUT2D eigenvalue weighted by molar-refractivity contribution is 5.82. The first kappa shape index (κ1) is 20.0. The van der Waals surface area contributed by atoms with Gasteiger partial charge in [0.05, 0.1) is 6.04 Å². The number of likely N-dealkylation sites (tertiary alicyclic amines) is 1. The van der Waals surface area contributed by atoms with Crippen molar-refractivity contribution in [2.75, 3.05) is 13.1 Å². The molecule has 0 aromatic heterocycles. The van der Waals surface area contributed by atoms with Crippen molar-refractivity contribution in [3.63, 3.8) is 0 Å². The monoisotopic (exact) mass is 353 g/mol. The minimum Gasteiger partial charge on any atom is -0.444 e. The number of piperidine rings is 1. The molecule has 2 aliphatic rings. The Bertz CT molecular complexity index is 483. The maximum atomic E-state index is 12.8. The van der Waals surface area contributed by atoms with Gasteiger partial charge in [0.15, 0.2) is 0 Å². The van der Waals surface area contributed by atoms with Gasteiger partial charge in [-0.15, -0.1) is 0 Å². The standard InChI is InChI=1S/C19H35N3O3/c1-13(2)16(20)17(23)21-11-7-6-8-15(21)12-22(14-9-10-14)18(24)25-19(3,4)5/h13-16H,6-12,20H2,1-5H3/t15?,16-/m0/s1. The number of hydrogen-bond acceptors (Lipinski definition) is 4. The molecule has 0 aromatic carbocycles. The van der Waals surface area contributed by atoms with Crippen molar-refractivity contribution in [1.29, 1.82) is 0 Å². The van der Waals surface area contributed by atoms with Crippen molar-refractivity contribution >= 4 is 12.0 Å². The first-order valence-electron chi connectivity index (χ1n) is 9.66. The summed E-state index contributed by atoms with van der Waals surface area (Å²) in [7, 11) is 0. The van der Waals surface area contributed by atoms with E-state index in [1.165, 1.54) is 0 Å². The van der Waals surface area contributed by atoms with Gasteiger partial charge in [-0.1, -0.05) is 13.8 Å². The molecule has 2 rings (SSSR count). The van der Waals surface area contributed by atoms with Gasteiger partial charge in [-0.3, -0.25) is 4.79 Å². The number of hydrogen-bond donors (Lipinski definition) is 1. The van der Waals surface area contributed by atoms with E-state index < -0.39 is 11.6 Å². The van der Waals surface area contributed by atoms with E-state index in [2.05, 4.69) is 0 Å². The van der Waals surface area contributed by atoms with Crippen LogP contribution < -0.4 is 5.73 Å². The molecule has 6 nitrogen and oxygen atoms in total. The summed E-state index contributed by atoms with van der Waals surface area (Å²) in [4.78, 5) is 29.1. The van der Waals surface area contributed by atoms with Crippen LogP contribution in [0.2, 0.25) is 0 Å². The molecule has 1 unspecified atom stereocenters. The van der Waals surface area contributed by atoms with Gasteiger partial charge in [0, 0.05) is 25.2 Å². The molecule has 2 atom stereocenters. The normalized spacial score (nSPS) is 22.7. The van der Waals surface area contributed by atoms with E-state index in [1.807, 2.05) is 44.4 Å². The van der Waals surface area contributed by atoms with E-state index in [4.69, 9.17) is 10.5 Å². The zero-order chi connectivity index (χ0) is 18.8. The van der Waals surface area contributed by atoms with Crippen molar-refractivity contribution in [1.82, 2.24) is 9.80 Å². The van der Waals surface area contributed by atoms with Crippen LogP contribution in [0.5, 0.6) is 0 Å². The Morgan fingerprint density at radius 3 is 2.36 bits per heavy atom. The lowest BCUT2D eigenvalue weighted by Crippen LogP contribution is -2.56. The average Bonchev–Trinajstić information content (AvgIpc) is 3.34. The predicted molar refractivity (Wildman–Crippen MR) is 98.1 cm³/mol. The molecule has 0 radical (unpaired) electrons. The third-order valence-electron chi connectivity index (χ3n) is 4.94. The molecule has 1 heterocycles. The molecule has 1 saturated carbocycles. The topological polar surface area (TPSA) is 75.9 Å². The lowest BCUT2D eigenvalue weighted by atomic mass is 9.97. The quantitative estimate of drug-likeness (QED) is 0.824. The van der Waals surface area contributed by atoms with E-state index in [-0.39, 0.29) is 30.0 Å². The zero-order valence-corrected chi connectivity index (χ0v) is 16.5. The fourth-order valence-corrected chi connectivity index (χ4v) is 3.26. The molecule has 2 amide bonds. The molecule has 144 valence electrons. The summed E-state index contributed by atoms with van der Waals surface area (Å²) in [6, 6.07) is -0.178. The van der Waals surface area contributed by atoms with Crippen molar-refractivity contribution < 1.29 is 14.3 Å².